The number of fused-ring (bicyclic) bond motifs is 1. The Hall–Kier alpha value is -6.20. The molecule has 3 aromatic carbocycles. The molecule has 1 saturated carbocycles. The van der Waals surface area contributed by atoms with E-state index in [0.717, 1.165) is 52.6 Å². The number of nitrogens with one attached hydrogen (secondary N) is 5. The number of halogens is 1. The zero-order valence-corrected chi connectivity index (χ0v) is 38.8. The van der Waals surface area contributed by atoms with E-state index < -0.39 is 83.4 Å². The molecule has 6 rings (SSSR count). The van der Waals surface area contributed by atoms with Crippen LogP contribution in [-0.2, 0) is 52.8 Å². The highest BCUT2D eigenvalue weighted by Gasteiger charge is 2.40. The quantitative estimate of drug-likeness (QED) is 0.0613. The van der Waals surface area contributed by atoms with Gasteiger partial charge in [-0.15, -0.1) is 11.3 Å². The van der Waals surface area contributed by atoms with Crippen molar-refractivity contribution in [3.05, 3.63) is 107 Å². The van der Waals surface area contributed by atoms with E-state index in [4.69, 9.17) is 11.5 Å². The van der Waals surface area contributed by atoms with Crippen LogP contribution in [0.3, 0.4) is 0 Å². The highest BCUT2D eigenvalue weighted by molar-refractivity contribution is 7.19. The lowest BCUT2D eigenvalue weighted by atomic mass is 9.84. The third-order valence-electron chi connectivity index (χ3n) is 12.6. The first-order valence-electron chi connectivity index (χ1n) is 23.3. The number of benzene rings is 3. The highest BCUT2D eigenvalue weighted by Crippen LogP contribution is 2.29. The predicted molar refractivity (Wildman–Crippen MR) is 255 cm³/mol. The van der Waals surface area contributed by atoms with Crippen LogP contribution >= 0.6 is 11.3 Å². The van der Waals surface area contributed by atoms with Crippen molar-refractivity contribution in [2.45, 2.75) is 127 Å². The Morgan fingerprint density at radius 1 is 0.687 bits per heavy atom. The fourth-order valence-electron chi connectivity index (χ4n) is 9.09. The number of carbonyl (C=O) groups excluding carboxylic acids is 7. The van der Waals surface area contributed by atoms with E-state index in [2.05, 4.69) is 26.6 Å². The van der Waals surface area contributed by atoms with Crippen molar-refractivity contribution in [3.8, 4) is 0 Å². The van der Waals surface area contributed by atoms with Crippen LogP contribution in [0, 0.1) is 11.7 Å². The van der Waals surface area contributed by atoms with E-state index in [1.54, 1.807) is 0 Å². The van der Waals surface area contributed by atoms with E-state index in [1.807, 2.05) is 60.7 Å². The Morgan fingerprint density at radius 3 is 1.97 bits per heavy atom. The van der Waals surface area contributed by atoms with Crippen LogP contribution in [0.15, 0.2) is 84.9 Å². The maximum Gasteiger partial charge on any atom is 0.245 e. The smallest absolute Gasteiger partial charge is 0.245 e. The molecule has 1 saturated heterocycles. The summed E-state index contributed by atoms with van der Waals surface area (Å²) in [6, 6.07) is 18.0. The van der Waals surface area contributed by atoms with Gasteiger partial charge in [-0.1, -0.05) is 92.8 Å². The van der Waals surface area contributed by atoms with Crippen LogP contribution in [0.25, 0.3) is 10.1 Å². The Kier molecular flexibility index (Phi) is 18.4. The number of likely N-dealkylation sites (tertiary alicyclic amines) is 1. The van der Waals surface area contributed by atoms with E-state index in [9.17, 15) is 38.0 Å². The Morgan fingerprint density at radius 2 is 1.30 bits per heavy atom. The zero-order valence-electron chi connectivity index (χ0n) is 38.0. The first-order chi connectivity index (χ1) is 32.3. The van der Waals surface area contributed by atoms with Gasteiger partial charge < -0.3 is 43.0 Å². The Bertz CT molecular complexity index is 2310. The average molecular weight is 939 g/mol. The normalized spacial score (nSPS) is 17.4. The lowest BCUT2D eigenvalue weighted by Gasteiger charge is -2.32. The van der Waals surface area contributed by atoms with Crippen LogP contribution < -0.4 is 38.1 Å². The summed E-state index contributed by atoms with van der Waals surface area (Å²) in [4.78, 5) is 98.6. The van der Waals surface area contributed by atoms with Crippen molar-refractivity contribution in [1.82, 2.24) is 31.5 Å². The average Bonchev–Trinajstić information content (AvgIpc) is 3.98. The SMILES string of the molecule is CC(=O)N[C@@H](Cc1ccc(F)cc1)C(=O)N[C@@H](CCCN)C(=O)N1CCC[C@H]1C(=O)N[C@H](CC1CCCCC1)C(=O)N[C@@H](Cc1cc2ccccc2s1)C(=O)N[C@@H](Cc1ccccc1)C(N)=O. The second kappa shape index (κ2) is 24.5. The lowest BCUT2D eigenvalue weighted by Crippen LogP contribution is -2.60. The van der Waals surface area contributed by atoms with Gasteiger partial charge in [-0.3, -0.25) is 33.6 Å². The summed E-state index contributed by atoms with van der Waals surface area (Å²) < 4.78 is 14.6. The van der Waals surface area contributed by atoms with Gasteiger partial charge in [0.2, 0.25) is 41.4 Å². The Labute approximate surface area is 394 Å². The van der Waals surface area contributed by atoms with Gasteiger partial charge in [0, 0.05) is 42.3 Å². The third-order valence-corrected chi connectivity index (χ3v) is 13.7. The van der Waals surface area contributed by atoms with Crippen LogP contribution in [0.1, 0.15) is 87.1 Å². The molecule has 67 heavy (non-hydrogen) atoms. The molecule has 2 heterocycles. The van der Waals surface area contributed by atoms with Gasteiger partial charge in [0.05, 0.1) is 0 Å². The molecule has 1 aliphatic heterocycles. The minimum absolute atomic E-state index is 0.0364. The first-order valence-corrected chi connectivity index (χ1v) is 24.1. The van der Waals surface area contributed by atoms with Gasteiger partial charge in [0.25, 0.3) is 0 Å². The van der Waals surface area contributed by atoms with Crippen molar-refractivity contribution in [2.24, 2.45) is 17.4 Å². The molecule has 0 spiro atoms. The molecular weight excluding hydrogens is 876 g/mol. The van der Waals surface area contributed by atoms with E-state index in [1.165, 1.54) is 47.4 Å². The zero-order chi connectivity index (χ0) is 47.9. The van der Waals surface area contributed by atoms with Gasteiger partial charge in [-0.2, -0.15) is 0 Å². The minimum atomic E-state index is -1.15. The molecule has 17 heteroatoms. The fourth-order valence-corrected chi connectivity index (χ4v) is 10.2. The fraction of sp³-hybridized carbons (Fsp3) is 0.460. The molecule has 2 aliphatic rings. The third kappa shape index (κ3) is 14.6. The molecule has 2 fully saturated rings. The number of thiophene rings is 1. The summed E-state index contributed by atoms with van der Waals surface area (Å²) in [5, 5.41) is 15.1. The number of rotatable bonds is 22. The number of primary amides is 1. The molecule has 0 unspecified atom stereocenters. The molecule has 9 N–H and O–H groups in total. The highest BCUT2D eigenvalue weighted by atomic mass is 32.1. The Balaban J connectivity index is 1.21. The molecule has 7 amide bonds. The van der Waals surface area contributed by atoms with Gasteiger partial charge in [-0.25, -0.2) is 4.39 Å². The lowest BCUT2D eigenvalue weighted by molar-refractivity contribution is -0.142. The maximum atomic E-state index is 14.6. The first kappa shape index (κ1) is 50.2. The summed E-state index contributed by atoms with van der Waals surface area (Å²) >= 11 is 1.49. The van der Waals surface area contributed by atoms with Crippen molar-refractivity contribution >= 4 is 62.8 Å². The van der Waals surface area contributed by atoms with Crippen LogP contribution in [0.4, 0.5) is 4.39 Å². The summed E-state index contributed by atoms with van der Waals surface area (Å²) in [5.41, 5.74) is 13.0. The summed E-state index contributed by atoms with van der Waals surface area (Å²) in [6.07, 6.45) is 6.67. The standard InChI is InChI=1S/C50H63FN8O7S/c1-31(60)54-40(28-34-20-22-36(51)23-21-34)46(62)55-38(17-10-24-52)50(66)59-25-11-18-43(59)49(65)58-41(27-33-14-6-3-7-15-33)47(63)57-42(30-37-29-35-16-8-9-19-44(35)67-37)48(64)56-39(45(53)61)26-32-12-4-2-5-13-32/h2,4-5,8-9,12-13,16,19-23,29,33,38-43H,3,6-7,10-11,14-15,17-18,24-28,30,52H2,1H3,(H2,53,61)(H,54,60)(H,55,62)(H,56,64)(H,57,63)(H,58,65)/t38-,39-,40-,41+,42-,43-/m0/s1. The largest absolute Gasteiger partial charge is 0.368 e. The van der Waals surface area contributed by atoms with Crippen molar-refractivity contribution in [1.29, 1.82) is 0 Å². The van der Waals surface area contributed by atoms with E-state index in [0.29, 0.717) is 31.2 Å². The summed E-state index contributed by atoms with van der Waals surface area (Å²) in [5.74, 6) is -4.39. The molecule has 6 atom stereocenters. The molecule has 1 aromatic heterocycles. The molecule has 0 bridgehead atoms. The van der Waals surface area contributed by atoms with Crippen LogP contribution in [0.5, 0.6) is 0 Å². The molecule has 1 aliphatic carbocycles. The van der Waals surface area contributed by atoms with Gasteiger partial charge in [-0.05, 0) is 85.3 Å². The summed E-state index contributed by atoms with van der Waals surface area (Å²) in [7, 11) is 0. The minimum Gasteiger partial charge on any atom is -0.368 e. The van der Waals surface area contributed by atoms with Crippen molar-refractivity contribution in [3.63, 3.8) is 0 Å². The van der Waals surface area contributed by atoms with Crippen molar-refractivity contribution in [2.75, 3.05) is 13.1 Å². The number of carbonyl (C=O) groups is 7. The number of nitrogens with zero attached hydrogens (tertiary/aromatic N) is 1. The molecular formula is C50H63FN8O7S. The number of hydrogen-bond acceptors (Lipinski definition) is 9. The summed E-state index contributed by atoms with van der Waals surface area (Å²) in [6.45, 7) is 1.71. The molecule has 0 radical (unpaired) electrons. The van der Waals surface area contributed by atoms with Gasteiger partial charge in [0.1, 0.15) is 42.1 Å². The number of nitrogens with two attached hydrogens (primary N) is 2. The van der Waals surface area contributed by atoms with Crippen LogP contribution in [-0.4, -0.2) is 95.6 Å². The maximum absolute atomic E-state index is 14.6. The monoisotopic (exact) mass is 938 g/mol. The van der Waals surface area contributed by atoms with Crippen LogP contribution in [0.2, 0.25) is 0 Å². The molecule has 4 aromatic rings. The topological polar surface area (TPSA) is 235 Å². The van der Waals surface area contributed by atoms with E-state index >= 15 is 0 Å². The van der Waals surface area contributed by atoms with E-state index in [-0.39, 0.29) is 44.7 Å². The van der Waals surface area contributed by atoms with Gasteiger partial charge in [0.15, 0.2) is 0 Å². The number of hydrogen-bond donors (Lipinski definition) is 7. The molecule has 15 nitrogen and oxygen atoms in total. The molecule has 358 valence electrons. The van der Waals surface area contributed by atoms with Gasteiger partial charge >= 0.3 is 0 Å². The van der Waals surface area contributed by atoms with Crippen molar-refractivity contribution < 1.29 is 38.0 Å². The predicted octanol–water partition coefficient (Wildman–Crippen LogP) is 3.70. The second-order valence-corrected chi connectivity index (χ2v) is 18.9. The second-order valence-electron chi connectivity index (χ2n) is 17.7. The number of amides is 7.